The number of carboxylic acid groups (broad SMARTS) is 1. The van der Waals surface area contributed by atoms with Crippen LogP contribution in [0.1, 0.15) is 20.8 Å². The minimum atomic E-state index is -3.34. The summed E-state index contributed by atoms with van der Waals surface area (Å²) in [6.07, 6.45) is -0.217. The summed E-state index contributed by atoms with van der Waals surface area (Å²) in [4.78, 5) is 10.8. The zero-order chi connectivity index (χ0) is 12.6. The van der Waals surface area contributed by atoms with Gasteiger partial charge in [-0.3, -0.25) is 9.36 Å². The first-order chi connectivity index (χ1) is 7.49. The fourth-order valence-electron chi connectivity index (χ4n) is 1.12. The quantitative estimate of drug-likeness (QED) is 0.551. The summed E-state index contributed by atoms with van der Waals surface area (Å²) in [5, 5.41) is 8.87. The maximum Gasteiger partial charge on any atom is 0.332 e. The Morgan fingerprint density at radius 3 is 2.19 bits per heavy atom. The normalized spacial score (nSPS) is 12.7. The van der Waals surface area contributed by atoms with Crippen LogP contribution in [0.25, 0.3) is 0 Å². The van der Waals surface area contributed by atoms with Gasteiger partial charge in [-0.2, -0.15) is 0 Å². The van der Waals surface area contributed by atoms with Crippen molar-refractivity contribution in [2.75, 3.05) is 19.4 Å². The van der Waals surface area contributed by atoms with Crippen LogP contribution in [-0.2, 0) is 18.4 Å². The Labute approximate surface area is 95.7 Å². The molecule has 0 aliphatic rings. The molecule has 0 bridgehead atoms. The molecule has 0 fully saturated rings. The highest BCUT2D eigenvalue weighted by Gasteiger charge is 2.31. The van der Waals surface area contributed by atoms with E-state index in [2.05, 4.69) is 11.8 Å². The SMILES string of the molecule is CC#CC(CP(=O)(OCC)OCC)C(=O)O. The molecular formula is C10H17O5P. The van der Waals surface area contributed by atoms with Crippen molar-refractivity contribution in [2.24, 2.45) is 5.92 Å². The molecule has 0 aromatic carbocycles. The molecule has 0 aromatic rings. The lowest BCUT2D eigenvalue weighted by Gasteiger charge is -2.18. The van der Waals surface area contributed by atoms with Crippen LogP contribution < -0.4 is 0 Å². The summed E-state index contributed by atoms with van der Waals surface area (Å²) in [7, 11) is -3.34. The maximum absolute atomic E-state index is 12.0. The first-order valence-corrected chi connectivity index (χ1v) is 6.75. The molecule has 0 amide bonds. The number of carbonyl (C=O) groups is 1. The zero-order valence-electron chi connectivity index (χ0n) is 9.73. The molecule has 0 saturated carbocycles. The number of hydrogen-bond acceptors (Lipinski definition) is 4. The second kappa shape index (κ2) is 7.45. The van der Waals surface area contributed by atoms with Crippen LogP contribution in [0.5, 0.6) is 0 Å². The van der Waals surface area contributed by atoms with Crippen LogP contribution in [0, 0.1) is 17.8 Å². The first-order valence-electron chi connectivity index (χ1n) is 5.02. The van der Waals surface area contributed by atoms with Gasteiger partial charge >= 0.3 is 13.6 Å². The minimum absolute atomic E-state index is 0.211. The number of aliphatic carboxylic acids is 1. The molecule has 5 nitrogen and oxygen atoms in total. The molecule has 1 unspecified atom stereocenters. The van der Waals surface area contributed by atoms with E-state index in [4.69, 9.17) is 14.2 Å². The van der Waals surface area contributed by atoms with E-state index in [-0.39, 0.29) is 19.4 Å². The van der Waals surface area contributed by atoms with Crippen LogP contribution in [0.3, 0.4) is 0 Å². The van der Waals surface area contributed by atoms with Gasteiger partial charge in [0.25, 0.3) is 0 Å². The van der Waals surface area contributed by atoms with Gasteiger partial charge in [0.15, 0.2) is 0 Å². The van der Waals surface area contributed by atoms with Gasteiger partial charge in [0.2, 0.25) is 0 Å². The fourth-order valence-corrected chi connectivity index (χ4v) is 2.89. The molecule has 0 aromatic heterocycles. The van der Waals surface area contributed by atoms with Crippen LogP contribution in [-0.4, -0.2) is 30.5 Å². The Morgan fingerprint density at radius 1 is 1.38 bits per heavy atom. The van der Waals surface area contributed by atoms with Crippen molar-refractivity contribution in [1.29, 1.82) is 0 Å². The molecule has 0 radical (unpaired) electrons. The maximum atomic E-state index is 12.0. The van der Waals surface area contributed by atoms with Crippen molar-refractivity contribution in [3.8, 4) is 11.8 Å². The monoisotopic (exact) mass is 248 g/mol. The fraction of sp³-hybridized carbons (Fsp3) is 0.700. The summed E-state index contributed by atoms with van der Waals surface area (Å²) in [5.74, 6) is 2.83. The van der Waals surface area contributed by atoms with E-state index in [1.54, 1.807) is 13.8 Å². The highest BCUT2D eigenvalue weighted by Crippen LogP contribution is 2.49. The Kier molecular flexibility index (Phi) is 7.07. The highest BCUT2D eigenvalue weighted by atomic mass is 31.2. The van der Waals surface area contributed by atoms with Gasteiger partial charge in [-0.1, -0.05) is 5.92 Å². The number of carboxylic acids is 1. The Bertz CT molecular complexity index is 318. The van der Waals surface area contributed by atoms with Gasteiger partial charge in [0, 0.05) is 0 Å². The van der Waals surface area contributed by atoms with Gasteiger partial charge in [-0.15, -0.1) is 5.92 Å². The lowest BCUT2D eigenvalue weighted by Crippen LogP contribution is -2.18. The van der Waals surface area contributed by atoms with E-state index in [0.29, 0.717) is 0 Å². The van der Waals surface area contributed by atoms with Gasteiger partial charge in [-0.05, 0) is 20.8 Å². The third-order valence-corrected chi connectivity index (χ3v) is 3.79. The molecule has 0 aliphatic carbocycles. The van der Waals surface area contributed by atoms with Gasteiger partial charge in [0.05, 0.1) is 19.4 Å². The number of rotatable bonds is 7. The van der Waals surface area contributed by atoms with Crippen molar-refractivity contribution < 1.29 is 23.5 Å². The molecule has 92 valence electrons. The summed E-state index contributed by atoms with van der Waals surface area (Å²) < 4.78 is 22.0. The molecule has 1 atom stereocenters. The highest BCUT2D eigenvalue weighted by molar-refractivity contribution is 7.53. The van der Waals surface area contributed by atoms with Gasteiger partial charge in [-0.25, -0.2) is 0 Å². The summed E-state index contributed by atoms with van der Waals surface area (Å²) in [6, 6.07) is 0. The van der Waals surface area contributed by atoms with Crippen LogP contribution in [0.2, 0.25) is 0 Å². The van der Waals surface area contributed by atoms with Crippen LogP contribution in [0.4, 0.5) is 0 Å². The lowest BCUT2D eigenvalue weighted by molar-refractivity contribution is -0.139. The average molecular weight is 248 g/mol. The van der Waals surface area contributed by atoms with Crippen molar-refractivity contribution in [3.05, 3.63) is 0 Å². The van der Waals surface area contributed by atoms with E-state index in [1.165, 1.54) is 6.92 Å². The van der Waals surface area contributed by atoms with E-state index >= 15 is 0 Å². The first kappa shape index (κ1) is 15.2. The van der Waals surface area contributed by atoms with Crippen molar-refractivity contribution in [2.45, 2.75) is 20.8 Å². The Balaban J connectivity index is 4.74. The third-order valence-electron chi connectivity index (χ3n) is 1.67. The Morgan fingerprint density at radius 2 is 1.88 bits per heavy atom. The van der Waals surface area contributed by atoms with Crippen molar-refractivity contribution in [1.82, 2.24) is 0 Å². The predicted octanol–water partition coefficient (Wildman–Crippen LogP) is 1.98. The molecule has 6 heteroatoms. The minimum Gasteiger partial charge on any atom is -0.480 e. The van der Waals surface area contributed by atoms with Crippen molar-refractivity contribution >= 4 is 13.6 Å². The molecule has 0 spiro atoms. The van der Waals surface area contributed by atoms with Crippen LogP contribution >= 0.6 is 7.60 Å². The predicted molar refractivity (Wildman–Crippen MR) is 60.3 cm³/mol. The summed E-state index contributed by atoms with van der Waals surface area (Å²) >= 11 is 0. The average Bonchev–Trinajstić information content (AvgIpc) is 2.17. The topological polar surface area (TPSA) is 72.8 Å². The molecule has 0 aliphatic heterocycles. The van der Waals surface area contributed by atoms with E-state index in [1.807, 2.05) is 0 Å². The van der Waals surface area contributed by atoms with E-state index < -0.39 is 19.5 Å². The molecule has 0 rings (SSSR count). The zero-order valence-corrected chi connectivity index (χ0v) is 10.6. The molecule has 1 N–H and O–H groups in total. The largest absolute Gasteiger partial charge is 0.480 e. The molecule has 0 heterocycles. The van der Waals surface area contributed by atoms with E-state index in [0.717, 1.165) is 0 Å². The second-order valence-corrected chi connectivity index (χ2v) is 5.02. The molecular weight excluding hydrogens is 231 g/mol. The second-order valence-electron chi connectivity index (χ2n) is 2.91. The third kappa shape index (κ3) is 5.32. The molecule has 16 heavy (non-hydrogen) atoms. The lowest BCUT2D eigenvalue weighted by atomic mass is 10.2. The van der Waals surface area contributed by atoms with Gasteiger partial charge < -0.3 is 14.2 Å². The van der Waals surface area contributed by atoms with E-state index in [9.17, 15) is 9.36 Å². The number of hydrogen-bond donors (Lipinski definition) is 1. The van der Waals surface area contributed by atoms with Crippen LogP contribution in [0.15, 0.2) is 0 Å². The molecule has 0 saturated heterocycles. The van der Waals surface area contributed by atoms with Gasteiger partial charge in [0.1, 0.15) is 5.92 Å². The van der Waals surface area contributed by atoms with Crippen molar-refractivity contribution in [3.63, 3.8) is 0 Å². The smallest absolute Gasteiger partial charge is 0.332 e. The Hall–Kier alpha value is -0.820. The summed E-state index contributed by atoms with van der Waals surface area (Å²) in [5.41, 5.74) is 0. The standard InChI is InChI=1S/C10H17O5P/c1-4-7-9(10(11)12)8-16(13,14-5-2)15-6-3/h9H,5-6,8H2,1-3H3,(H,11,12). The summed E-state index contributed by atoms with van der Waals surface area (Å²) in [6.45, 7) is 5.30.